The number of hydrogen-bond donors (Lipinski definition) is 2. The first-order valence-corrected chi connectivity index (χ1v) is 10.9. The van der Waals surface area contributed by atoms with E-state index >= 15 is 0 Å². The number of carbonyl (C=O) groups is 1. The Labute approximate surface area is 161 Å². The molecule has 1 fully saturated rings. The molecular weight excluding hydrogens is 340 g/mol. The molecule has 0 atom stereocenters. The summed E-state index contributed by atoms with van der Waals surface area (Å²) in [5, 5.41) is 3.02. The van der Waals surface area contributed by atoms with Crippen LogP contribution >= 0.6 is 11.8 Å². The van der Waals surface area contributed by atoms with E-state index in [1.165, 1.54) is 43.5 Å². The lowest BCUT2D eigenvalue weighted by molar-refractivity contribution is -0.918. The van der Waals surface area contributed by atoms with E-state index in [1.807, 2.05) is 24.3 Å². The van der Waals surface area contributed by atoms with Crippen LogP contribution in [0, 0.1) is 0 Å². The maximum absolute atomic E-state index is 12.3. The molecule has 2 aromatic carbocycles. The highest BCUT2D eigenvalue weighted by Gasteiger charge is 2.13. The molecule has 0 saturated carbocycles. The number of likely N-dealkylation sites (tertiary alicyclic amines) is 1. The zero-order chi connectivity index (χ0) is 18.2. The summed E-state index contributed by atoms with van der Waals surface area (Å²) in [6.45, 7) is 4.29. The van der Waals surface area contributed by atoms with Crippen LogP contribution in [0.5, 0.6) is 0 Å². The van der Waals surface area contributed by atoms with E-state index in [0.717, 1.165) is 23.4 Å². The van der Waals surface area contributed by atoms with Crippen molar-refractivity contribution >= 4 is 17.7 Å². The molecule has 0 spiro atoms. The molecule has 1 heterocycles. The van der Waals surface area contributed by atoms with Gasteiger partial charge in [0.15, 0.2) is 0 Å². The van der Waals surface area contributed by atoms with Crippen molar-refractivity contribution in [3.63, 3.8) is 0 Å². The van der Waals surface area contributed by atoms with Crippen LogP contribution in [0.15, 0.2) is 48.5 Å². The molecule has 0 bridgehead atoms. The fourth-order valence-corrected chi connectivity index (χ4v) is 4.02. The summed E-state index contributed by atoms with van der Waals surface area (Å²) in [5.41, 5.74) is 4.51. The largest absolute Gasteiger partial charge is 0.348 e. The number of quaternary nitrogens is 1. The number of rotatable bonds is 7. The van der Waals surface area contributed by atoms with E-state index in [1.54, 1.807) is 16.7 Å². The molecule has 3 nitrogen and oxygen atoms in total. The van der Waals surface area contributed by atoms with Gasteiger partial charge in [0.1, 0.15) is 6.54 Å². The standard InChI is InChI=1S/C22H28N2OS/c1-26-17-20-9-11-21(12-10-20)22(25)23-15-18-5-7-19(8-6-18)16-24-13-3-2-4-14-24/h5-12H,2-4,13-17H2,1H3,(H,23,25)/p+1. The quantitative estimate of drug-likeness (QED) is 0.786. The van der Waals surface area contributed by atoms with Crippen LogP contribution in [-0.2, 0) is 18.8 Å². The summed E-state index contributed by atoms with van der Waals surface area (Å²) >= 11 is 1.79. The van der Waals surface area contributed by atoms with Crippen LogP contribution in [0.2, 0.25) is 0 Å². The Morgan fingerprint density at radius 1 is 0.923 bits per heavy atom. The average molecular weight is 370 g/mol. The summed E-state index contributed by atoms with van der Waals surface area (Å²) < 4.78 is 0. The van der Waals surface area contributed by atoms with Gasteiger partial charge in [0, 0.05) is 23.4 Å². The Kier molecular flexibility index (Phi) is 7.15. The van der Waals surface area contributed by atoms with Crippen molar-refractivity contribution < 1.29 is 9.69 Å². The predicted octanol–water partition coefficient (Wildman–Crippen LogP) is 3.05. The summed E-state index contributed by atoms with van der Waals surface area (Å²) in [7, 11) is 0. The highest BCUT2D eigenvalue weighted by atomic mass is 32.2. The van der Waals surface area contributed by atoms with E-state index in [0.29, 0.717) is 6.54 Å². The first-order chi connectivity index (χ1) is 12.7. The minimum atomic E-state index is -0.0115. The van der Waals surface area contributed by atoms with Gasteiger partial charge in [-0.2, -0.15) is 11.8 Å². The number of piperidine rings is 1. The van der Waals surface area contributed by atoms with E-state index in [9.17, 15) is 4.79 Å². The Bertz CT molecular complexity index is 691. The van der Waals surface area contributed by atoms with Crippen molar-refractivity contribution in [3.05, 3.63) is 70.8 Å². The fraction of sp³-hybridized carbons (Fsp3) is 0.409. The van der Waals surface area contributed by atoms with E-state index in [4.69, 9.17) is 0 Å². The zero-order valence-corrected chi connectivity index (χ0v) is 16.4. The van der Waals surface area contributed by atoms with Gasteiger partial charge >= 0.3 is 0 Å². The highest BCUT2D eigenvalue weighted by molar-refractivity contribution is 7.97. The van der Waals surface area contributed by atoms with Crippen molar-refractivity contribution in [3.8, 4) is 0 Å². The molecule has 4 heteroatoms. The van der Waals surface area contributed by atoms with E-state index < -0.39 is 0 Å². The fourth-order valence-electron chi connectivity index (χ4n) is 3.50. The highest BCUT2D eigenvalue weighted by Crippen LogP contribution is 2.11. The zero-order valence-electron chi connectivity index (χ0n) is 15.6. The normalized spacial score (nSPS) is 15.0. The summed E-state index contributed by atoms with van der Waals surface area (Å²) in [6.07, 6.45) is 6.19. The van der Waals surface area contributed by atoms with Gasteiger partial charge in [0.25, 0.3) is 5.91 Å². The van der Waals surface area contributed by atoms with Gasteiger partial charge in [-0.25, -0.2) is 0 Å². The molecule has 1 aliphatic rings. The topological polar surface area (TPSA) is 33.5 Å². The van der Waals surface area contributed by atoms with Crippen LogP contribution in [0.3, 0.4) is 0 Å². The van der Waals surface area contributed by atoms with Gasteiger partial charge in [-0.15, -0.1) is 0 Å². The van der Waals surface area contributed by atoms with Gasteiger partial charge in [-0.3, -0.25) is 4.79 Å². The molecular formula is C22H29N2OS+. The number of thioether (sulfide) groups is 1. The molecule has 0 radical (unpaired) electrons. The Hall–Kier alpha value is -1.78. The molecule has 3 rings (SSSR count). The minimum Gasteiger partial charge on any atom is -0.348 e. The lowest BCUT2D eigenvalue weighted by Crippen LogP contribution is -3.11. The SMILES string of the molecule is CSCc1ccc(C(=O)NCc2ccc(C[NH+]3CCCCC3)cc2)cc1. The number of benzene rings is 2. The molecule has 0 aromatic heterocycles. The molecule has 2 N–H and O–H groups in total. The van der Waals surface area contributed by atoms with Gasteiger partial charge in [0.05, 0.1) is 13.1 Å². The smallest absolute Gasteiger partial charge is 0.251 e. The predicted molar refractivity (Wildman–Crippen MR) is 110 cm³/mol. The maximum Gasteiger partial charge on any atom is 0.251 e. The number of nitrogens with one attached hydrogen (secondary N) is 2. The minimum absolute atomic E-state index is 0.0115. The van der Waals surface area contributed by atoms with Crippen molar-refractivity contribution in [2.24, 2.45) is 0 Å². The summed E-state index contributed by atoms with van der Waals surface area (Å²) in [4.78, 5) is 14.0. The molecule has 26 heavy (non-hydrogen) atoms. The van der Waals surface area contributed by atoms with Crippen LogP contribution in [-0.4, -0.2) is 25.3 Å². The average Bonchev–Trinajstić information content (AvgIpc) is 2.69. The van der Waals surface area contributed by atoms with E-state index in [-0.39, 0.29) is 5.91 Å². The number of hydrogen-bond acceptors (Lipinski definition) is 2. The molecule has 1 amide bonds. The molecule has 1 saturated heterocycles. The lowest BCUT2D eigenvalue weighted by Gasteiger charge is -2.23. The third-order valence-corrected chi connectivity index (χ3v) is 5.64. The number of amides is 1. The third kappa shape index (κ3) is 5.61. The van der Waals surface area contributed by atoms with Crippen LogP contribution in [0.1, 0.15) is 46.3 Å². The van der Waals surface area contributed by atoms with Gasteiger partial charge in [-0.05, 0) is 48.8 Å². The lowest BCUT2D eigenvalue weighted by atomic mass is 10.1. The van der Waals surface area contributed by atoms with Gasteiger partial charge < -0.3 is 10.2 Å². The first kappa shape index (κ1) is 19.0. The molecule has 138 valence electrons. The molecule has 0 aliphatic carbocycles. The second kappa shape index (κ2) is 9.79. The van der Waals surface area contributed by atoms with Crippen molar-refractivity contribution in [2.75, 3.05) is 19.3 Å². The third-order valence-electron chi connectivity index (χ3n) is 5.02. The summed E-state index contributed by atoms with van der Waals surface area (Å²) in [5.74, 6) is 0.968. The second-order valence-electron chi connectivity index (χ2n) is 7.12. The van der Waals surface area contributed by atoms with Crippen molar-refractivity contribution in [1.82, 2.24) is 5.32 Å². The Balaban J connectivity index is 1.48. The molecule has 1 aliphatic heterocycles. The Morgan fingerprint density at radius 3 is 2.19 bits per heavy atom. The van der Waals surface area contributed by atoms with Gasteiger partial charge in [-0.1, -0.05) is 36.4 Å². The van der Waals surface area contributed by atoms with Crippen LogP contribution in [0.25, 0.3) is 0 Å². The van der Waals surface area contributed by atoms with Crippen LogP contribution in [0.4, 0.5) is 0 Å². The van der Waals surface area contributed by atoms with Crippen LogP contribution < -0.4 is 10.2 Å². The van der Waals surface area contributed by atoms with E-state index in [2.05, 4.69) is 35.8 Å². The maximum atomic E-state index is 12.3. The molecule has 2 aromatic rings. The number of carbonyl (C=O) groups excluding carboxylic acids is 1. The second-order valence-corrected chi connectivity index (χ2v) is 7.98. The Morgan fingerprint density at radius 2 is 1.54 bits per heavy atom. The first-order valence-electron chi connectivity index (χ1n) is 9.52. The summed E-state index contributed by atoms with van der Waals surface area (Å²) in [6, 6.07) is 16.6. The molecule has 0 unspecified atom stereocenters. The monoisotopic (exact) mass is 369 g/mol. The van der Waals surface area contributed by atoms with Crippen molar-refractivity contribution in [2.45, 2.75) is 38.1 Å². The van der Waals surface area contributed by atoms with Gasteiger partial charge in [0.2, 0.25) is 0 Å². The van der Waals surface area contributed by atoms with Crippen molar-refractivity contribution in [1.29, 1.82) is 0 Å².